The topological polar surface area (TPSA) is 314 Å². The van der Waals surface area contributed by atoms with Gasteiger partial charge in [-0.2, -0.15) is 0 Å². The van der Waals surface area contributed by atoms with E-state index in [1.165, 1.54) is 97.1 Å². The molecule has 25 rings (SSSR count). The Morgan fingerprint density at radius 3 is 0.993 bits per heavy atom. The number of anilines is 9. The summed E-state index contributed by atoms with van der Waals surface area (Å²) in [5, 5.41) is 19.1. The first-order valence-electron chi connectivity index (χ1n) is 54.9. The van der Waals surface area contributed by atoms with E-state index in [0.29, 0.717) is 104 Å². The number of imidazole rings is 3. The second-order valence-electron chi connectivity index (χ2n) is 44.5. The Kier molecular flexibility index (Phi) is 27.0. The smallest absolute Gasteiger partial charge is 0.251 e. The summed E-state index contributed by atoms with van der Waals surface area (Å²) < 4.78 is 23.8. The molecular weight excluding hydrogens is 1860 g/mol. The molecule has 15 heterocycles. The molecule has 4 saturated carbocycles. The van der Waals surface area contributed by atoms with E-state index in [9.17, 15) is 28.8 Å². The van der Waals surface area contributed by atoms with Gasteiger partial charge in [0, 0.05) is 182 Å². The molecule has 6 amide bonds. The van der Waals surface area contributed by atoms with Crippen LogP contribution in [0.4, 0.5) is 51.6 Å². The monoisotopic (exact) mass is 2000 g/mol. The van der Waals surface area contributed by atoms with Gasteiger partial charge in [-0.15, -0.1) is 0 Å². The average Bonchev–Trinajstić information content (AvgIpc) is 1.56. The van der Waals surface area contributed by atoms with Crippen molar-refractivity contribution < 1.29 is 43.0 Å². The first-order chi connectivity index (χ1) is 72.0. The number of hydrogen-bond donors (Lipinski definition) is 6. The molecule has 6 N–H and O–H groups in total. The SMILES string of the molecule is CCNC(=O)c1cc(Nc2nc(-c3ccc4c(c3)N(C3CC(N5CCCCC5)C3)C(=O)C43CCOCC3)cc3ncn(C(C)C)c23)ccc1C.CNC(=O)c1cc(Nc2nc(-c3ccc4c(c3)N(C3CC(N5CCCCC5)C3)C(=O)C43CCOCC3)cc3ncn(C(C)C)c23)ccc1C.CNC(=O)c1cc(Nc2nc(-c3ccc4c(c3)N(C3CC(N5CCCCC5)C3)C(=O)C43CCOCC3)cc3ncn(C4CC4)c23)ccc1C. The maximum absolute atomic E-state index is 14.5. The number of carbonyl (C=O) groups is 6. The minimum atomic E-state index is -0.518. The van der Waals surface area contributed by atoms with Crippen molar-refractivity contribution in [2.75, 3.05) is 130 Å². The van der Waals surface area contributed by atoms with Crippen LogP contribution in [0.2, 0.25) is 0 Å². The molecule has 30 heteroatoms. The lowest BCUT2D eigenvalue weighted by molar-refractivity contribution is -0.128. The Bertz CT molecular complexity index is 6850. The molecule has 0 unspecified atom stereocenters. The maximum atomic E-state index is 14.5. The van der Waals surface area contributed by atoms with Crippen molar-refractivity contribution >= 4 is 120 Å². The number of aromatic nitrogens is 9. The molecule has 0 radical (unpaired) electrons. The summed E-state index contributed by atoms with van der Waals surface area (Å²) in [7, 11) is 3.29. The van der Waals surface area contributed by atoms with Crippen LogP contribution in [0.15, 0.2) is 146 Å². The molecule has 9 aliphatic heterocycles. The number of carbonyl (C=O) groups excluding carboxylic acids is 6. The van der Waals surface area contributed by atoms with Gasteiger partial charge in [-0.25, -0.2) is 29.9 Å². The fourth-order valence-electron chi connectivity index (χ4n) is 26.1. The van der Waals surface area contributed by atoms with Crippen LogP contribution in [0.3, 0.4) is 0 Å². The van der Waals surface area contributed by atoms with Crippen LogP contribution in [0.5, 0.6) is 0 Å². The molecule has 6 saturated heterocycles. The Labute approximate surface area is 866 Å². The molecule has 6 aromatic carbocycles. The highest BCUT2D eigenvalue weighted by Crippen LogP contribution is 2.57. The Morgan fingerprint density at radius 1 is 0.372 bits per heavy atom. The minimum Gasteiger partial charge on any atom is -0.381 e. The maximum Gasteiger partial charge on any atom is 0.251 e. The van der Waals surface area contributed by atoms with Crippen LogP contribution >= 0.6 is 0 Å². The van der Waals surface area contributed by atoms with Gasteiger partial charge in [-0.3, -0.25) is 28.8 Å². The van der Waals surface area contributed by atoms with Gasteiger partial charge in [0.05, 0.1) is 68.9 Å². The number of likely N-dealkylation sites (tertiary alicyclic amines) is 3. The Balaban J connectivity index is 0.000000122. The van der Waals surface area contributed by atoms with Gasteiger partial charge < -0.3 is 89.2 Å². The number of fused-ring (bicyclic) bond motifs is 9. The summed E-state index contributed by atoms with van der Waals surface area (Å²) in [6.45, 7) is 27.6. The molecule has 6 aromatic heterocycles. The summed E-state index contributed by atoms with van der Waals surface area (Å²) in [5.74, 6) is 2.46. The highest BCUT2D eigenvalue weighted by Gasteiger charge is 2.59. The second-order valence-corrected chi connectivity index (χ2v) is 44.5. The summed E-state index contributed by atoms with van der Waals surface area (Å²) in [4.78, 5) is 126. The fourth-order valence-corrected chi connectivity index (χ4v) is 26.1. The van der Waals surface area contributed by atoms with Gasteiger partial charge in [0.2, 0.25) is 17.7 Å². The predicted octanol–water partition coefficient (Wildman–Crippen LogP) is 19.7. The number of benzene rings is 6. The zero-order valence-corrected chi connectivity index (χ0v) is 87.4. The van der Waals surface area contributed by atoms with Gasteiger partial charge in [0.25, 0.3) is 17.7 Å². The van der Waals surface area contributed by atoms with E-state index in [0.717, 1.165) is 224 Å². The fraction of sp³-hybridized carbons (Fsp3) is 0.492. The number of aryl methyl sites for hydroxylation is 3. The largest absolute Gasteiger partial charge is 0.381 e. The molecule has 4 aliphatic carbocycles. The summed E-state index contributed by atoms with van der Waals surface area (Å²) in [5.41, 5.74) is 22.4. The van der Waals surface area contributed by atoms with Crippen LogP contribution in [-0.4, -0.2) is 230 Å². The van der Waals surface area contributed by atoms with E-state index in [2.05, 4.69) is 169 Å². The zero-order valence-electron chi connectivity index (χ0n) is 87.4. The molecule has 0 bridgehead atoms. The number of nitrogens with zero attached hydrogens (tertiary/aromatic N) is 15. The third-order valence-corrected chi connectivity index (χ3v) is 34.9. The summed E-state index contributed by atoms with van der Waals surface area (Å²) in [6, 6.07) is 46.2. The number of hydrogen-bond acceptors (Lipinski definition) is 21. The van der Waals surface area contributed by atoms with Crippen molar-refractivity contribution in [3.63, 3.8) is 0 Å². The highest BCUT2D eigenvalue weighted by atomic mass is 16.5. The Morgan fingerprint density at radius 2 is 0.682 bits per heavy atom. The Hall–Kier alpha value is -12.8. The molecule has 3 spiro atoms. The number of pyridine rings is 3. The van der Waals surface area contributed by atoms with E-state index >= 15 is 0 Å². The molecular formula is C118H141N21O9. The first-order valence-corrected chi connectivity index (χ1v) is 54.9. The third-order valence-electron chi connectivity index (χ3n) is 34.9. The van der Waals surface area contributed by atoms with Crippen molar-refractivity contribution in [1.82, 2.24) is 74.3 Å². The van der Waals surface area contributed by atoms with Crippen molar-refractivity contribution in [1.29, 1.82) is 0 Å². The van der Waals surface area contributed by atoms with Gasteiger partial charge in [0.15, 0.2) is 17.5 Å². The molecule has 12 aromatic rings. The van der Waals surface area contributed by atoms with Crippen LogP contribution < -0.4 is 46.6 Å². The third kappa shape index (κ3) is 17.9. The molecule has 772 valence electrons. The van der Waals surface area contributed by atoms with Crippen LogP contribution in [0.25, 0.3) is 66.9 Å². The lowest BCUT2D eigenvalue weighted by atomic mass is 9.75. The average molecular weight is 2000 g/mol. The summed E-state index contributed by atoms with van der Waals surface area (Å²) >= 11 is 0. The second kappa shape index (κ2) is 40.6. The van der Waals surface area contributed by atoms with E-state index in [1.54, 1.807) is 14.1 Å². The number of amides is 6. The van der Waals surface area contributed by atoms with Crippen molar-refractivity contribution in [3.8, 4) is 33.8 Å². The highest BCUT2D eigenvalue weighted by molar-refractivity contribution is 6.12. The number of rotatable bonds is 22. The minimum absolute atomic E-state index is 0.0963. The molecule has 10 fully saturated rings. The quantitative estimate of drug-likeness (QED) is 0.0367. The van der Waals surface area contributed by atoms with E-state index < -0.39 is 16.2 Å². The van der Waals surface area contributed by atoms with Crippen molar-refractivity contribution in [2.45, 2.75) is 274 Å². The van der Waals surface area contributed by atoms with E-state index in [-0.39, 0.29) is 65.7 Å². The number of nitrogens with one attached hydrogen (secondary N) is 6. The van der Waals surface area contributed by atoms with Gasteiger partial charge in [-0.05, 0) is 329 Å². The van der Waals surface area contributed by atoms with Crippen molar-refractivity contribution in [2.24, 2.45) is 0 Å². The first kappa shape index (κ1) is 98.5. The standard InChI is InChI=1S/C40H49N7O3.C39H45N7O3.C39H47N7O3/c1-5-41-38(48)31-20-28(11-9-26(31)4)43-37-36-34(42-24-46(36)25(2)3)23-33(44-37)27-10-12-32-35(19-27)47(39(49)40(32)13-17-50-18-14-40)30-21-29(22-30)45-15-7-6-8-16-45;1-24-6-8-26(19-30(24)37(47)40-2)42-36-35-33(41-23-45(35)27-9-10-27)22-32(43-36)25-7-11-31-34(18-25)46(38(48)39(31)12-16-49-17-13-39)29-20-28(21-29)44-14-4-3-5-15-44;1-24(2)45-23-41-33-22-32(43-36(35(33)45)42-27-10-8-25(3)30(19-27)37(47)40-4)26-9-11-31-34(18-26)46(38(48)39(31)12-16-49-17-13-39)29-20-28(21-29)44-14-6-5-7-15-44/h9-12,19-20,23-25,29-30H,5-8,13-18,21-22H2,1-4H3,(H,41,48)(H,43,44);6-8,11,18-19,22-23,27-29H,3-5,9-10,12-17,20-21H2,1-2H3,(H,40,47)(H,42,43);8-11,18-19,22-24,28-29H,5-7,12-17,20-21H2,1-4H3,(H,40,47)(H,42,43). The lowest BCUT2D eigenvalue weighted by Gasteiger charge is -2.48. The van der Waals surface area contributed by atoms with Crippen molar-refractivity contribution in [3.05, 3.63) is 196 Å². The van der Waals surface area contributed by atoms with Gasteiger partial charge in [-0.1, -0.05) is 73.9 Å². The van der Waals surface area contributed by atoms with Gasteiger partial charge >= 0.3 is 0 Å². The van der Waals surface area contributed by atoms with E-state index in [4.69, 9.17) is 44.1 Å². The van der Waals surface area contributed by atoms with Gasteiger partial charge in [0.1, 0.15) is 16.6 Å². The van der Waals surface area contributed by atoms with Crippen LogP contribution in [0.1, 0.15) is 265 Å². The number of piperidine rings is 3. The normalized spacial score (nSPS) is 22.5. The molecule has 0 atom stereocenters. The van der Waals surface area contributed by atoms with E-state index in [1.807, 2.05) is 107 Å². The molecule has 13 aliphatic rings. The molecule has 30 nitrogen and oxygen atoms in total. The number of ether oxygens (including phenoxy) is 3. The van der Waals surface area contributed by atoms with Crippen LogP contribution in [-0.2, 0) is 44.8 Å². The van der Waals surface area contributed by atoms with Crippen LogP contribution in [0, 0.1) is 20.8 Å². The lowest BCUT2D eigenvalue weighted by Crippen LogP contribution is -2.57. The summed E-state index contributed by atoms with van der Waals surface area (Å²) in [6.07, 6.45) is 30.1. The predicted molar refractivity (Wildman–Crippen MR) is 580 cm³/mol. The zero-order chi connectivity index (χ0) is 102. The molecule has 148 heavy (non-hydrogen) atoms.